The highest BCUT2D eigenvalue weighted by Crippen LogP contribution is 2.30. The van der Waals surface area contributed by atoms with Crippen LogP contribution in [0.15, 0.2) is 109 Å². The highest BCUT2D eigenvalue weighted by Gasteiger charge is 2.29. The second-order valence-electron chi connectivity index (χ2n) is 12.8. The summed E-state index contributed by atoms with van der Waals surface area (Å²) in [4.78, 5) is 46.5. The zero-order valence-electron chi connectivity index (χ0n) is 26.8. The molecule has 47 heavy (non-hydrogen) atoms. The average molecular weight is 643 g/mol. The van der Waals surface area contributed by atoms with E-state index in [4.69, 9.17) is 0 Å². The zero-order valence-corrected chi connectivity index (χ0v) is 27.6. The Morgan fingerprint density at radius 2 is 1.40 bits per heavy atom. The van der Waals surface area contributed by atoms with Crippen molar-refractivity contribution in [2.24, 2.45) is 0 Å². The third-order valence-electron chi connectivity index (χ3n) is 8.47. The summed E-state index contributed by atoms with van der Waals surface area (Å²) in [5.74, 6) is -0.641. The normalized spacial score (nSPS) is 13.6. The summed E-state index contributed by atoms with van der Waals surface area (Å²) in [6, 6.07) is 31.6. The lowest BCUT2D eigenvalue weighted by Crippen LogP contribution is -2.41. The number of aromatic nitrogens is 1. The molecule has 1 saturated heterocycles. The van der Waals surface area contributed by atoms with E-state index in [2.05, 4.69) is 60.7 Å². The van der Waals surface area contributed by atoms with E-state index in [1.165, 1.54) is 16.9 Å². The van der Waals surface area contributed by atoms with Gasteiger partial charge >= 0.3 is 0 Å². The van der Waals surface area contributed by atoms with Gasteiger partial charge in [0.15, 0.2) is 5.13 Å². The van der Waals surface area contributed by atoms with Gasteiger partial charge < -0.3 is 10.2 Å². The highest BCUT2D eigenvalue weighted by molar-refractivity contribution is 7.14. The maximum absolute atomic E-state index is 13.4. The van der Waals surface area contributed by atoms with Crippen molar-refractivity contribution >= 4 is 34.2 Å². The molecular weight excluding hydrogens is 605 g/mol. The van der Waals surface area contributed by atoms with Crippen LogP contribution in [-0.2, 0) is 10.2 Å². The second-order valence-corrected chi connectivity index (χ2v) is 13.6. The topological polar surface area (TPSA) is 91.4 Å². The van der Waals surface area contributed by atoms with E-state index in [1.807, 2.05) is 77.0 Å². The summed E-state index contributed by atoms with van der Waals surface area (Å²) in [7, 11) is 0. The largest absolute Gasteiger partial charge is 0.341 e. The quantitative estimate of drug-likeness (QED) is 0.179. The molecule has 2 N–H and O–H groups in total. The van der Waals surface area contributed by atoms with E-state index >= 15 is 0 Å². The number of hydrogen-bond donors (Lipinski definition) is 2. The van der Waals surface area contributed by atoms with Crippen LogP contribution in [0.2, 0.25) is 0 Å². The minimum atomic E-state index is -0.751. The SMILES string of the molecule is CC(C)(C)c1ccc(-c2ccccc2C(=O)Nc2nc(-c3ccc(C(=O)NC(C(=O)N4CCCC4)c4ccccc4)cc3)cs2)cc1. The van der Waals surface area contributed by atoms with Gasteiger partial charge in [0.25, 0.3) is 11.8 Å². The number of amides is 3. The van der Waals surface area contributed by atoms with Gasteiger partial charge in [-0.2, -0.15) is 0 Å². The Bertz CT molecular complexity index is 1870. The van der Waals surface area contributed by atoms with E-state index in [9.17, 15) is 14.4 Å². The van der Waals surface area contributed by atoms with Gasteiger partial charge in [-0.05, 0) is 58.7 Å². The fraction of sp³-hybridized carbons (Fsp3) is 0.231. The van der Waals surface area contributed by atoms with Crippen LogP contribution in [0.4, 0.5) is 5.13 Å². The Kier molecular flexibility index (Phi) is 9.31. The summed E-state index contributed by atoms with van der Waals surface area (Å²) in [6.07, 6.45) is 1.95. The first-order chi connectivity index (χ1) is 22.7. The van der Waals surface area contributed by atoms with Crippen molar-refractivity contribution in [2.45, 2.75) is 45.1 Å². The number of thiazole rings is 1. The Morgan fingerprint density at radius 1 is 0.766 bits per heavy atom. The Morgan fingerprint density at radius 3 is 2.09 bits per heavy atom. The monoisotopic (exact) mass is 642 g/mol. The van der Waals surface area contributed by atoms with Crippen LogP contribution in [0.5, 0.6) is 0 Å². The molecule has 1 aliphatic heterocycles. The molecule has 238 valence electrons. The van der Waals surface area contributed by atoms with Crippen molar-refractivity contribution in [1.29, 1.82) is 0 Å². The van der Waals surface area contributed by atoms with Crippen LogP contribution in [0.1, 0.15) is 71.5 Å². The number of likely N-dealkylation sites (tertiary alicyclic amines) is 1. The van der Waals surface area contributed by atoms with E-state index in [1.54, 1.807) is 12.1 Å². The lowest BCUT2D eigenvalue weighted by Gasteiger charge is -2.24. The first-order valence-electron chi connectivity index (χ1n) is 15.9. The number of nitrogens with one attached hydrogen (secondary N) is 2. The van der Waals surface area contributed by atoms with Gasteiger partial charge in [0.1, 0.15) is 6.04 Å². The molecule has 0 spiro atoms. The van der Waals surface area contributed by atoms with Crippen molar-refractivity contribution in [3.8, 4) is 22.4 Å². The second kappa shape index (κ2) is 13.7. The van der Waals surface area contributed by atoms with Crippen molar-refractivity contribution in [3.63, 3.8) is 0 Å². The Labute approximate surface area is 279 Å². The van der Waals surface area contributed by atoms with E-state index in [-0.39, 0.29) is 23.1 Å². The molecule has 3 amide bonds. The number of benzene rings is 4. The fourth-order valence-corrected chi connectivity index (χ4v) is 6.49. The predicted molar refractivity (Wildman–Crippen MR) is 189 cm³/mol. The van der Waals surface area contributed by atoms with Crippen LogP contribution in [0, 0.1) is 0 Å². The van der Waals surface area contributed by atoms with Gasteiger partial charge in [-0.1, -0.05) is 106 Å². The van der Waals surface area contributed by atoms with Crippen molar-refractivity contribution in [1.82, 2.24) is 15.2 Å². The predicted octanol–water partition coefficient (Wildman–Crippen LogP) is 8.12. The van der Waals surface area contributed by atoms with Crippen molar-refractivity contribution in [3.05, 3.63) is 131 Å². The van der Waals surface area contributed by atoms with Crippen LogP contribution in [-0.4, -0.2) is 40.7 Å². The van der Waals surface area contributed by atoms with Gasteiger partial charge in [-0.3, -0.25) is 19.7 Å². The summed E-state index contributed by atoms with van der Waals surface area (Å²) in [5.41, 5.74) is 6.38. The minimum absolute atomic E-state index is 0.0453. The molecule has 1 fully saturated rings. The zero-order chi connectivity index (χ0) is 33.0. The van der Waals surface area contributed by atoms with E-state index in [0.29, 0.717) is 35.0 Å². The maximum atomic E-state index is 13.4. The van der Waals surface area contributed by atoms with Crippen LogP contribution in [0.3, 0.4) is 0 Å². The molecule has 1 atom stereocenters. The molecule has 4 aromatic carbocycles. The van der Waals surface area contributed by atoms with Gasteiger partial charge in [0.2, 0.25) is 5.91 Å². The van der Waals surface area contributed by atoms with E-state index in [0.717, 1.165) is 35.1 Å². The average Bonchev–Trinajstić information content (AvgIpc) is 3.80. The number of nitrogens with zero attached hydrogens (tertiary/aromatic N) is 2. The van der Waals surface area contributed by atoms with Gasteiger partial charge in [-0.15, -0.1) is 11.3 Å². The third-order valence-corrected chi connectivity index (χ3v) is 9.23. The molecule has 1 aliphatic rings. The fourth-order valence-electron chi connectivity index (χ4n) is 5.77. The van der Waals surface area contributed by atoms with Crippen LogP contribution < -0.4 is 10.6 Å². The standard InChI is InChI=1S/C39H38N4O3S/c1-39(2,3)30-21-19-26(20-22-30)31-13-7-8-14-32(31)36(45)42-38-40-33(25-47-38)27-15-17-29(18-16-27)35(44)41-34(28-11-5-4-6-12-28)37(46)43-23-9-10-24-43/h4-8,11-22,25,34H,9-10,23-24H2,1-3H3,(H,41,44)(H,40,42,45). The molecule has 2 heterocycles. The van der Waals surface area contributed by atoms with E-state index < -0.39 is 6.04 Å². The molecule has 6 rings (SSSR count). The smallest absolute Gasteiger partial charge is 0.258 e. The maximum Gasteiger partial charge on any atom is 0.258 e. The number of carbonyl (C=O) groups excluding carboxylic acids is 3. The molecule has 5 aromatic rings. The van der Waals surface area contributed by atoms with Crippen LogP contribution >= 0.6 is 11.3 Å². The number of carbonyl (C=O) groups is 3. The molecule has 8 heteroatoms. The number of rotatable bonds is 8. The molecule has 0 aliphatic carbocycles. The lowest BCUT2D eigenvalue weighted by molar-refractivity contribution is -0.132. The molecule has 0 saturated carbocycles. The van der Waals surface area contributed by atoms with Crippen molar-refractivity contribution in [2.75, 3.05) is 18.4 Å². The Balaban J connectivity index is 1.14. The summed E-state index contributed by atoms with van der Waals surface area (Å²) in [5, 5.41) is 8.28. The summed E-state index contributed by atoms with van der Waals surface area (Å²) < 4.78 is 0. The Hall–Kier alpha value is -5.08. The number of hydrogen-bond acceptors (Lipinski definition) is 5. The molecular formula is C39H38N4O3S. The third kappa shape index (κ3) is 7.34. The highest BCUT2D eigenvalue weighted by atomic mass is 32.1. The van der Waals surface area contributed by atoms with Crippen molar-refractivity contribution < 1.29 is 14.4 Å². The van der Waals surface area contributed by atoms with Gasteiger partial charge in [-0.25, -0.2) is 4.98 Å². The number of anilines is 1. The molecule has 1 aromatic heterocycles. The molecule has 0 bridgehead atoms. The summed E-state index contributed by atoms with van der Waals surface area (Å²) in [6.45, 7) is 7.96. The van der Waals surface area contributed by atoms with Gasteiger partial charge in [0.05, 0.1) is 5.69 Å². The van der Waals surface area contributed by atoms with Gasteiger partial charge in [0, 0.05) is 35.2 Å². The first kappa shape index (κ1) is 31.9. The lowest BCUT2D eigenvalue weighted by atomic mass is 9.86. The summed E-state index contributed by atoms with van der Waals surface area (Å²) >= 11 is 1.34. The van der Waals surface area contributed by atoms with Crippen LogP contribution in [0.25, 0.3) is 22.4 Å². The molecule has 7 nitrogen and oxygen atoms in total. The molecule has 0 radical (unpaired) electrons. The molecule has 1 unspecified atom stereocenters. The first-order valence-corrected chi connectivity index (χ1v) is 16.8. The minimum Gasteiger partial charge on any atom is -0.341 e.